The van der Waals surface area contributed by atoms with E-state index in [1.54, 1.807) is 0 Å². The van der Waals surface area contributed by atoms with Gasteiger partial charge in [0, 0.05) is 13.2 Å². The number of hydrogen-bond donors (Lipinski definition) is 2. The van der Waals surface area contributed by atoms with Gasteiger partial charge in [0.05, 0.1) is 0 Å². The van der Waals surface area contributed by atoms with Crippen LogP contribution in [0.1, 0.15) is 39.5 Å². The average molecular weight is 185 g/mol. The second-order valence-electron chi connectivity index (χ2n) is 2.15. The highest BCUT2D eigenvalue weighted by Gasteiger charge is 1.69. The van der Waals surface area contributed by atoms with Crippen LogP contribution < -0.4 is 0 Å². The molecule has 0 saturated carbocycles. The fourth-order valence-electron chi connectivity index (χ4n) is 0.316. The molecule has 0 spiro atoms. The molecular formula is C8H21ClO2. The maximum Gasteiger partial charge on any atom is 0.0430 e. The lowest BCUT2D eigenvalue weighted by Gasteiger charge is -1.79. The summed E-state index contributed by atoms with van der Waals surface area (Å²) in [5.74, 6) is 0. The van der Waals surface area contributed by atoms with Crippen molar-refractivity contribution in [1.82, 2.24) is 0 Å². The van der Waals surface area contributed by atoms with E-state index in [4.69, 9.17) is 10.2 Å². The molecule has 0 radical (unpaired) electrons. The predicted octanol–water partition coefficient (Wildman–Crippen LogP) is 1.98. The minimum Gasteiger partial charge on any atom is -0.396 e. The van der Waals surface area contributed by atoms with E-state index in [2.05, 4.69) is 13.8 Å². The third-order valence-electron chi connectivity index (χ3n) is 1.02. The van der Waals surface area contributed by atoms with Crippen molar-refractivity contribution >= 4 is 12.4 Å². The Kier molecular flexibility index (Phi) is 35.4. The number of halogens is 1. The van der Waals surface area contributed by atoms with Crippen molar-refractivity contribution in [2.24, 2.45) is 0 Å². The van der Waals surface area contributed by atoms with Crippen molar-refractivity contribution in [3.05, 3.63) is 0 Å². The molecule has 0 fully saturated rings. The van der Waals surface area contributed by atoms with E-state index in [9.17, 15) is 0 Å². The third kappa shape index (κ3) is 38.8. The summed E-state index contributed by atoms with van der Waals surface area (Å²) in [6, 6.07) is 0. The van der Waals surface area contributed by atoms with Crippen LogP contribution in [0.15, 0.2) is 0 Å². The number of aliphatic hydroxyl groups is 2. The Balaban J connectivity index is -0.000000107. The van der Waals surface area contributed by atoms with Gasteiger partial charge in [-0.3, -0.25) is 0 Å². The first-order valence-electron chi connectivity index (χ1n) is 4.05. The van der Waals surface area contributed by atoms with Crippen LogP contribution in [0.2, 0.25) is 0 Å². The van der Waals surface area contributed by atoms with E-state index < -0.39 is 0 Å². The molecule has 2 nitrogen and oxygen atoms in total. The lowest BCUT2D eigenvalue weighted by molar-refractivity contribution is 0.286. The number of hydrogen-bond acceptors (Lipinski definition) is 2. The second kappa shape index (κ2) is 22.5. The standard InChI is InChI=1S/2C4H10O.ClH/c2*1-2-3-4-5;/h2*5H,2-4H2,1H3;1H. The third-order valence-corrected chi connectivity index (χ3v) is 1.02. The Morgan fingerprint density at radius 3 is 1.09 bits per heavy atom. The summed E-state index contributed by atoms with van der Waals surface area (Å²) in [5, 5.41) is 16.1. The van der Waals surface area contributed by atoms with Crippen molar-refractivity contribution < 1.29 is 10.2 Å². The zero-order valence-corrected chi connectivity index (χ0v) is 8.36. The Morgan fingerprint density at radius 2 is 1.09 bits per heavy atom. The highest BCUT2D eigenvalue weighted by atomic mass is 35.5. The summed E-state index contributed by atoms with van der Waals surface area (Å²) >= 11 is 0. The van der Waals surface area contributed by atoms with Gasteiger partial charge in [-0.2, -0.15) is 0 Å². The molecule has 0 heterocycles. The fraction of sp³-hybridized carbons (Fsp3) is 1.00. The van der Waals surface area contributed by atoms with Crippen molar-refractivity contribution in [1.29, 1.82) is 0 Å². The summed E-state index contributed by atoms with van der Waals surface area (Å²) in [7, 11) is 0. The van der Waals surface area contributed by atoms with Gasteiger partial charge < -0.3 is 10.2 Å². The van der Waals surface area contributed by atoms with Gasteiger partial charge in [-0.15, -0.1) is 12.4 Å². The smallest absolute Gasteiger partial charge is 0.0430 e. The molecule has 0 aromatic rings. The molecule has 0 saturated heterocycles. The number of rotatable bonds is 4. The molecule has 2 N–H and O–H groups in total. The number of unbranched alkanes of at least 4 members (excludes halogenated alkanes) is 2. The summed E-state index contributed by atoms with van der Waals surface area (Å²) in [6.45, 7) is 4.79. The molecule has 0 rings (SSSR count). The van der Waals surface area contributed by atoms with Gasteiger partial charge in [-0.05, 0) is 12.8 Å². The summed E-state index contributed by atoms with van der Waals surface area (Å²) in [4.78, 5) is 0. The van der Waals surface area contributed by atoms with Crippen molar-refractivity contribution in [3.8, 4) is 0 Å². The number of aliphatic hydroxyl groups excluding tert-OH is 2. The minimum atomic E-state index is 0. The second-order valence-corrected chi connectivity index (χ2v) is 2.15. The molecule has 0 aromatic carbocycles. The fourth-order valence-corrected chi connectivity index (χ4v) is 0.316. The SMILES string of the molecule is CCCCO.CCCCO.Cl. The zero-order chi connectivity index (χ0) is 8.24. The zero-order valence-electron chi connectivity index (χ0n) is 7.55. The van der Waals surface area contributed by atoms with Crippen LogP contribution in [0.25, 0.3) is 0 Å². The van der Waals surface area contributed by atoms with Crippen LogP contribution in [0.3, 0.4) is 0 Å². The van der Waals surface area contributed by atoms with Crippen LogP contribution >= 0.6 is 12.4 Å². The maximum absolute atomic E-state index is 8.07. The molecule has 0 bridgehead atoms. The first-order valence-corrected chi connectivity index (χ1v) is 4.05. The van der Waals surface area contributed by atoms with Gasteiger partial charge in [-0.1, -0.05) is 26.7 Å². The lowest BCUT2D eigenvalue weighted by Crippen LogP contribution is -1.75. The first kappa shape index (κ1) is 17.3. The summed E-state index contributed by atoms with van der Waals surface area (Å²) < 4.78 is 0. The van der Waals surface area contributed by atoms with E-state index in [-0.39, 0.29) is 12.4 Å². The van der Waals surface area contributed by atoms with Crippen molar-refractivity contribution in [2.45, 2.75) is 39.5 Å². The van der Waals surface area contributed by atoms with Gasteiger partial charge in [0.25, 0.3) is 0 Å². The molecule has 0 atom stereocenters. The molecule has 11 heavy (non-hydrogen) atoms. The van der Waals surface area contributed by atoms with E-state index >= 15 is 0 Å². The Hall–Kier alpha value is 0.210. The van der Waals surface area contributed by atoms with Gasteiger partial charge in [0.2, 0.25) is 0 Å². The van der Waals surface area contributed by atoms with Gasteiger partial charge >= 0.3 is 0 Å². The summed E-state index contributed by atoms with van der Waals surface area (Å²) in [5.41, 5.74) is 0. The largest absolute Gasteiger partial charge is 0.396 e. The van der Waals surface area contributed by atoms with Crippen molar-refractivity contribution in [3.63, 3.8) is 0 Å². The van der Waals surface area contributed by atoms with Crippen LogP contribution in [0, 0.1) is 0 Å². The topological polar surface area (TPSA) is 40.5 Å². The summed E-state index contributed by atoms with van der Waals surface area (Å²) in [6.07, 6.45) is 4.08. The highest BCUT2D eigenvalue weighted by Crippen LogP contribution is 1.79. The Labute approximate surface area is 76.0 Å². The molecule has 72 valence electrons. The monoisotopic (exact) mass is 184 g/mol. The molecule has 3 heteroatoms. The molecule has 0 aliphatic carbocycles. The maximum atomic E-state index is 8.07. The van der Waals surface area contributed by atoms with E-state index in [1.807, 2.05) is 0 Å². The van der Waals surface area contributed by atoms with Gasteiger partial charge in [0.1, 0.15) is 0 Å². The molecule has 0 unspecified atom stereocenters. The van der Waals surface area contributed by atoms with Crippen LogP contribution in [-0.2, 0) is 0 Å². The average Bonchev–Trinajstić information content (AvgIpc) is 1.93. The lowest BCUT2D eigenvalue weighted by atomic mass is 10.4. The molecule has 0 aromatic heterocycles. The minimum absolute atomic E-state index is 0. The molecule has 0 aliphatic rings. The van der Waals surface area contributed by atoms with Crippen LogP contribution in [0.5, 0.6) is 0 Å². The van der Waals surface area contributed by atoms with E-state index in [0.29, 0.717) is 13.2 Å². The quantitative estimate of drug-likeness (QED) is 0.702. The Bertz CT molecular complexity index is 33.1. The first-order chi connectivity index (χ1) is 4.83. The van der Waals surface area contributed by atoms with Gasteiger partial charge in [-0.25, -0.2) is 0 Å². The van der Waals surface area contributed by atoms with Crippen molar-refractivity contribution in [2.75, 3.05) is 13.2 Å². The van der Waals surface area contributed by atoms with Crippen LogP contribution in [0.4, 0.5) is 0 Å². The van der Waals surface area contributed by atoms with E-state index in [1.165, 1.54) is 0 Å². The normalized spacial score (nSPS) is 7.64. The molecular weight excluding hydrogens is 164 g/mol. The highest BCUT2D eigenvalue weighted by molar-refractivity contribution is 5.85. The predicted molar refractivity (Wildman–Crippen MR) is 51.2 cm³/mol. The molecule has 0 aliphatic heterocycles. The molecule has 0 amide bonds. The van der Waals surface area contributed by atoms with E-state index in [0.717, 1.165) is 25.7 Å². The van der Waals surface area contributed by atoms with Gasteiger partial charge in [0.15, 0.2) is 0 Å². The Morgan fingerprint density at radius 1 is 0.818 bits per heavy atom. The van der Waals surface area contributed by atoms with Crippen LogP contribution in [-0.4, -0.2) is 23.4 Å².